The summed E-state index contributed by atoms with van der Waals surface area (Å²) >= 11 is 0. The van der Waals surface area contributed by atoms with Crippen molar-refractivity contribution in [1.29, 1.82) is 0 Å². The molecule has 0 atom stereocenters. The SMILES string of the molecule is Cc1ccc(C)c(N(CCCC(=O)NCCCN2CCC(C)CC2)S(C)(=O)=O)c1. The summed E-state index contributed by atoms with van der Waals surface area (Å²) in [5, 5.41) is 2.97. The molecule has 6 nitrogen and oxygen atoms in total. The van der Waals surface area contributed by atoms with Crippen LogP contribution >= 0.6 is 0 Å². The molecule has 1 aromatic rings. The number of carbonyl (C=O) groups excluding carboxylic acids is 1. The number of anilines is 1. The average molecular weight is 424 g/mol. The first-order valence-electron chi connectivity index (χ1n) is 10.7. The van der Waals surface area contributed by atoms with E-state index in [2.05, 4.69) is 17.1 Å². The van der Waals surface area contributed by atoms with Gasteiger partial charge in [-0.1, -0.05) is 19.1 Å². The monoisotopic (exact) mass is 423 g/mol. The highest BCUT2D eigenvalue weighted by Crippen LogP contribution is 2.24. The highest BCUT2D eigenvalue weighted by molar-refractivity contribution is 7.92. The molecule has 164 valence electrons. The lowest BCUT2D eigenvalue weighted by atomic mass is 9.99. The van der Waals surface area contributed by atoms with Gasteiger partial charge < -0.3 is 10.2 Å². The Morgan fingerprint density at radius 2 is 1.90 bits per heavy atom. The van der Waals surface area contributed by atoms with Crippen molar-refractivity contribution in [3.05, 3.63) is 29.3 Å². The molecule has 0 saturated carbocycles. The Kier molecular flexibility index (Phi) is 8.96. The number of hydrogen-bond donors (Lipinski definition) is 1. The van der Waals surface area contributed by atoms with Crippen LogP contribution in [0.15, 0.2) is 18.2 Å². The first kappa shape index (κ1) is 23.7. The van der Waals surface area contributed by atoms with Gasteiger partial charge in [0, 0.05) is 19.5 Å². The van der Waals surface area contributed by atoms with E-state index in [9.17, 15) is 13.2 Å². The summed E-state index contributed by atoms with van der Waals surface area (Å²) in [5.74, 6) is 0.827. The van der Waals surface area contributed by atoms with Crippen molar-refractivity contribution in [2.45, 2.75) is 52.9 Å². The van der Waals surface area contributed by atoms with Gasteiger partial charge in [0.05, 0.1) is 11.9 Å². The summed E-state index contributed by atoms with van der Waals surface area (Å²) in [6, 6.07) is 5.79. The highest BCUT2D eigenvalue weighted by Gasteiger charge is 2.19. The molecule has 29 heavy (non-hydrogen) atoms. The maximum absolute atomic E-state index is 12.3. The van der Waals surface area contributed by atoms with Crippen molar-refractivity contribution in [1.82, 2.24) is 10.2 Å². The first-order chi connectivity index (χ1) is 13.7. The molecule has 1 fully saturated rings. The maximum atomic E-state index is 12.3. The van der Waals surface area contributed by atoms with Crippen LogP contribution in [0.5, 0.6) is 0 Å². The van der Waals surface area contributed by atoms with Crippen LogP contribution in [0.3, 0.4) is 0 Å². The standard InChI is InChI=1S/C22H37N3O3S/c1-18-10-15-24(16-11-18)13-6-12-23-22(26)7-5-14-25(29(4,27)28)21-17-19(2)8-9-20(21)3/h8-9,17-18H,5-7,10-16H2,1-4H3,(H,23,26). The Morgan fingerprint density at radius 3 is 2.55 bits per heavy atom. The predicted octanol–water partition coefficient (Wildman–Crippen LogP) is 3.09. The third kappa shape index (κ3) is 7.97. The third-order valence-electron chi connectivity index (χ3n) is 5.65. The van der Waals surface area contributed by atoms with Gasteiger partial charge in [0.2, 0.25) is 15.9 Å². The Hall–Kier alpha value is -1.60. The van der Waals surface area contributed by atoms with Crippen molar-refractivity contribution in [3.63, 3.8) is 0 Å². The van der Waals surface area contributed by atoms with Crippen LogP contribution in [0.25, 0.3) is 0 Å². The van der Waals surface area contributed by atoms with E-state index in [-0.39, 0.29) is 5.91 Å². The summed E-state index contributed by atoms with van der Waals surface area (Å²) in [4.78, 5) is 14.6. The Morgan fingerprint density at radius 1 is 1.21 bits per heavy atom. The minimum atomic E-state index is -3.40. The van der Waals surface area contributed by atoms with Gasteiger partial charge in [-0.25, -0.2) is 8.42 Å². The van der Waals surface area contributed by atoms with Gasteiger partial charge in [-0.3, -0.25) is 9.10 Å². The summed E-state index contributed by atoms with van der Waals surface area (Å²) in [6.45, 7) is 10.5. The summed E-state index contributed by atoms with van der Waals surface area (Å²) in [6.07, 6.45) is 5.54. The number of hydrogen-bond acceptors (Lipinski definition) is 4. The Balaban J connectivity index is 1.73. The van der Waals surface area contributed by atoms with Gasteiger partial charge in [0.25, 0.3) is 0 Å². The van der Waals surface area contributed by atoms with Crippen LogP contribution in [0.4, 0.5) is 5.69 Å². The molecule has 1 saturated heterocycles. The number of likely N-dealkylation sites (tertiary alicyclic amines) is 1. The molecule has 0 unspecified atom stereocenters. The van der Waals surface area contributed by atoms with Gasteiger partial charge in [-0.05, 0) is 82.3 Å². The molecule has 0 aliphatic carbocycles. The predicted molar refractivity (Wildman–Crippen MR) is 120 cm³/mol. The number of piperidine rings is 1. The number of nitrogens with one attached hydrogen (secondary N) is 1. The molecule has 1 heterocycles. The van der Waals surface area contributed by atoms with E-state index in [1.807, 2.05) is 32.0 Å². The highest BCUT2D eigenvalue weighted by atomic mass is 32.2. The summed E-state index contributed by atoms with van der Waals surface area (Å²) in [5.41, 5.74) is 2.63. The van der Waals surface area contributed by atoms with Gasteiger partial charge in [-0.15, -0.1) is 0 Å². The fraction of sp³-hybridized carbons (Fsp3) is 0.682. The topological polar surface area (TPSA) is 69.7 Å². The van der Waals surface area contributed by atoms with E-state index in [0.29, 0.717) is 31.6 Å². The van der Waals surface area contributed by atoms with Crippen LogP contribution in [0.2, 0.25) is 0 Å². The van der Waals surface area contributed by atoms with E-state index in [1.165, 1.54) is 23.4 Å². The molecule has 1 aliphatic heterocycles. The lowest BCUT2D eigenvalue weighted by Gasteiger charge is -2.30. The van der Waals surface area contributed by atoms with Gasteiger partial charge >= 0.3 is 0 Å². The van der Waals surface area contributed by atoms with Crippen molar-refractivity contribution in [3.8, 4) is 0 Å². The zero-order valence-corrected chi connectivity index (χ0v) is 19.2. The number of rotatable bonds is 10. The van der Waals surface area contributed by atoms with E-state index >= 15 is 0 Å². The lowest BCUT2D eigenvalue weighted by molar-refractivity contribution is -0.121. The van der Waals surface area contributed by atoms with Gasteiger partial charge in [0.15, 0.2) is 0 Å². The molecule has 0 aromatic heterocycles. The fourth-order valence-electron chi connectivity index (χ4n) is 3.74. The molecule has 1 N–H and O–H groups in total. The van der Waals surface area contributed by atoms with E-state index < -0.39 is 10.0 Å². The summed E-state index contributed by atoms with van der Waals surface area (Å²) in [7, 11) is -3.40. The van der Waals surface area contributed by atoms with E-state index in [0.717, 1.165) is 43.1 Å². The minimum absolute atomic E-state index is 0.00770. The molecular formula is C22H37N3O3S. The molecule has 7 heteroatoms. The van der Waals surface area contributed by atoms with Crippen molar-refractivity contribution < 1.29 is 13.2 Å². The van der Waals surface area contributed by atoms with Crippen molar-refractivity contribution in [2.24, 2.45) is 5.92 Å². The number of sulfonamides is 1. The number of aryl methyl sites for hydroxylation is 2. The molecule has 2 rings (SSSR count). The fourth-order valence-corrected chi connectivity index (χ4v) is 4.76. The molecule has 0 radical (unpaired) electrons. The summed E-state index contributed by atoms with van der Waals surface area (Å²) < 4.78 is 26.0. The Labute approximate surface area is 176 Å². The zero-order valence-electron chi connectivity index (χ0n) is 18.4. The largest absolute Gasteiger partial charge is 0.356 e. The van der Waals surface area contributed by atoms with Crippen molar-refractivity contribution >= 4 is 21.6 Å². The zero-order chi connectivity index (χ0) is 21.4. The van der Waals surface area contributed by atoms with Gasteiger partial charge in [-0.2, -0.15) is 0 Å². The molecule has 0 bridgehead atoms. The second-order valence-electron chi connectivity index (χ2n) is 8.46. The number of carbonyl (C=O) groups is 1. The van der Waals surface area contributed by atoms with Crippen molar-refractivity contribution in [2.75, 3.05) is 43.3 Å². The van der Waals surface area contributed by atoms with E-state index in [1.54, 1.807) is 0 Å². The molecule has 1 amide bonds. The minimum Gasteiger partial charge on any atom is -0.356 e. The number of nitrogens with zero attached hydrogens (tertiary/aromatic N) is 2. The normalized spacial score (nSPS) is 16.0. The van der Waals surface area contributed by atoms with Crippen LogP contribution in [-0.2, 0) is 14.8 Å². The van der Waals surface area contributed by atoms with Crippen LogP contribution < -0.4 is 9.62 Å². The molecule has 1 aliphatic rings. The average Bonchev–Trinajstić information content (AvgIpc) is 2.65. The van der Waals surface area contributed by atoms with Crippen LogP contribution in [0.1, 0.15) is 50.2 Å². The van der Waals surface area contributed by atoms with Crippen LogP contribution in [0, 0.1) is 19.8 Å². The number of amides is 1. The maximum Gasteiger partial charge on any atom is 0.232 e. The second kappa shape index (κ2) is 11.0. The second-order valence-corrected chi connectivity index (χ2v) is 10.4. The first-order valence-corrected chi connectivity index (χ1v) is 12.6. The molecule has 0 spiro atoms. The third-order valence-corrected chi connectivity index (χ3v) is 6.83. The Bertz CT molecular complexity index is 772. The van der Waals surface area contributed by atoms with Gasteiger partial charge in [0.1, 0.15) is 0 Å². The molecular weight excluding hydrogens is 386 g/mol. The van der Waals surface area contributed by atoms with E-state index in [4.69, 9.17) is 0 Å². The smallest absolute Gasteiger partial charge is 0.232 e. The number of benzene rings is 1. The molecule has 1 aromatic carbocycles. The quantitative estimate of drug-likeness (QED) is 0.587. The lowest BCUT2D eigenvalue weighted by Crippen LogP contribution is -2.35. The van der Waals surface area contributed by atoms with Crippen LogP contribution in [-0.4, -0.2) is 58.2 Å².